The summed E-state index contributed by atoms with van der Waals surface area (Å²) in [5.74, 6) is 0.452. The minimum absolute atomic E-state index is 0.110. The highest BCUT2D eigenvalue weighted by Gasteiger charge is 2.09. The van der Waals surface area contributed by atoms with Crippen LogP contribution in [0.5, 0.6) is 0 Å². The largest absolute Gasteiger partial charge is 0.436 e. The van der Waals surface area contributed by atoms with Crippen LogP contribution < -0.4 is 5.32 Å². The molecule has 5 heteroatoms. The van der Waals surface area contributed by atoms with E-state index in [0.717, 1.165) is 10.0 Å². The Morgan fingerprint density at radius 3 is 2.65 bits per heavy atom. The van der Waals surface area contributed by atoms with Gasteiger partial charge in [0, 0.05) is 22.6 Å². The van der Waals surface area contributed by atoms with Crippen molar-refractivity contribution < 1.29 is 9.21 Å². The van der Waals surface area contributed by atoms with E-state index >= 15 is 0 Å². The van der Waals surface area contributed by atoms with Crippen LogP contribution in [0.15, 0.2) is 51.4 Å². The Morgan fingerprint density at radius 1 is 1.20 bits per heavy atom. The minimum atomic E-state index is -0.110. The Bertz CT molecular complexity index is 778. The summed E-state index contributed by atoms with van der Waals surface area (Å²) in [6, 6.07) is 13.1. The van der Waals surface area contributed by atoms with Crippen LogP contribution >= 0.6 is 15.9 Å². The van der Waals surface area contributed by atoms with Crippen molar-refractivity contribution in [1.29, 1.82) is 0 Å². The number of aromatic nitrogens is 1. The summed E-state index contributed by atoms with van der Waals surface area (Å²) in [5, 5.41) is 2.73. The molecule has 3 aromatic rings. The SMILES string of the molecule is CC(=O)Nc1ccc2oc(-c3ccc(Br)cc3)nc2c1. The molecule has 0 radical (unpaired) electrons. The Morgan fingerprint density at radius 2 is 1.95 bits per heavy atom. The third kappa shape index (κ3) is 2.58. The third-order valence-corrected chi connectivity index (χ3v) is 3.33. The molecule has 0 bridgehead atoms. The molecule has 1 N–H and O–H groups in total. The molecule has 0 saturated carbocycles. The summed E-state index contributed by atoms with van der Waals surface area (Å²) in [6.45, 7) is 1.47. The number of nitrogens with one attached hydrogen (secondary N) is 1. The van der Waals surface area contributed by atoms with Gasteiger partial charge >= 0.3 is 0 Å². The van der Waals surface area contributed by atoms with Gasteiger partial charge < -0.3 is 9.73 Å². The van der Waals surface area contributed by atoms with Crippen LogP contribution in [0.4, 0.5) is 5.69 Å². The van der Waals surface area contributed by atoms with E-state index in [1.165, 1.54) is 6.92 Å². The molecule has 0 spiro atoms. The van der Waals surface area contributed by atoms with E-state index in [2.05, 4.69) is 26.2 Å². The first-order valence-electron chi connectivity index (χ1n) is 6.06. The summed E-state index contributed by atoms with van der Waals surface area (Å²) in [4.78, 5) is 15.5. The zero-order valence-electron chi connectivity index (χ0n) is 10.7. The van der Waals surface area contributed by atoms with Crippen molar-refractivity contribution in [3.8, 4) is 11.5 Å². The summed E-state index contributed by atoms with van der Waals surface area (Å²) in [5.41, 5.74) is 3.03. The molecule has 0 saturated heterocycles. The van der Waals surface area contributed by atoms with Crippen LogP contribution in [0, 0.1) is 0 Å². The summed E-state index contributed by atoms with van der Waals surface area (Å²) in [6.07, 6.45) is 0. The molecular formula is C15H11BrN2O2. The number of carbonyl (C=O) groups is 1. The van der Waals surface area contributed by atoms with E-state index < -0.39 is 0 Å². The first kappa shape index (κ1) is 12.9. The number of fused-ring (bicyclic) bond motifs is 1. The summed E-state index contributed by atoms with van der Waals surface area (Å²) < 4.78 is 6.72. The van der Waals surface area contributed by atoms with Crippen molar-refractivity contribution in [3.05, 3.63) is 46.9 Å². The Hall–Kier alpha value is -2.14. The third-order valence-electron chi connectivity index (χ3n) is 2.80. The molecule has 20 heavy (non-hydrogen) atoms. The predicted octanol–water partition coefficient (Wildman–Crippen LogP) is 4.22. The van der Waals surface area contributed by atoms with Gasteiger partial charge in [0.2, 0.25) is 11.8 Å². The van der Waals surface area contributed by atoms with E-state index in [1.54, 1.807) is 18.2 Å². The van der Waals surface area contributed by atoms with Gasteiger partial charge in [-0.2, -0.15) is 0 Å². The maximum absolute atomic E-state index is 11.0. The predicted molar refractivity (Wildman–Crippen MR) is 81.4 cm³/mol. The van der Waals surface area contributed by atoms with Gasteiger partial charge in [-0.15, -0.1) is 0 Å². The fourth-order valence-corrected chi connectivity index (χ4v) is 2.19. The number of carbonyl (C=O) groups excluding carboxylic acids is 1. The second kappa shape index (κ2) is 5.09. The van der Waals surface area contributed by atoms with Gasteiger partial charge in [-0.05, 0) is 42.5 Å². The first-order chi connectivity index (χ1) is 9.61. The molecule has 0 aliphatic carbocycles. The van der Waals surface area contributed by atoms with Gasteiger partial charge in [0.15, 0.2) is 5.58 Å². The standard InChI is InChI=1S/C15H11BrN2O2/c1-9(19)17-12-6-7-14-13(8-12)18-15(20-14)10-2-4-11(16)5-3-10/h2-8H,1H3,(H,17,19). The molecule has 3 rings (SSSR count). The maximum atomic E-state index is 11.0. The van der Waals surface area contributed by atoms with Gasteiger partial charge in [0.1, 0.15) is 5.52 Å². The molecule has 4 nitrogen and oxygen atoms in total. The summed E-state index contributed by atoms with van der Waals surface area (Å²) >= 11 is 3.39. The number of hydrogen-bond donors (Lipinski definition) is 1. The van der Waals surface area contributed by atoms with E-state index in [1.807, 2.05) is 24.3 Å². The molecule has 0 atom stereocenters. The lowest BCUT2D eigenvalue weighted by atomic mass is 10.2. The maximum Gasteiger partial charge on any atom is 0.227 e. The van der Waals surface area contributed by atoms with Crippen molar-refractivity contribution in [1.82, 2.24) is 4.98 Å². The Kier molecular flexibility index (Phi) is 3.28. The molecule has 1 heterocycles. The van der Waals surface area contributed by atoms with Crippen molar-refractivity contribution in [2.45, 2.75) is 6.92 Å². The lowest BCUT2D eigenvalue weighted by Gasteiger charge is -1.99. The van der Waals surface area contributed by atoms with Gasteiger partial charge in [0.05, 0.1) is 0 Å². The van der Waals surface area contributed by atoms with Gasteiger partial charge in [-0.25, -0.2) is 4.98 Å². The lowest BCUT2D eigenvalue weighted by molar-refractivity contribution is -0.114. The monoisotopic (exact) mass is 330 g/mol. The number of anilines is 1. The number of benzene rings is 2. The number of rotatable bonds is 2. The van der Waals surface area contributed by atoms with Gasteiger partial charge in [0.25, 0.3) is 0 Å². The van der Waals surface area contributed by atoms with Crippen molar-refractivity contribution in [3.63, 3.8) is 0 Å². The number of amides is 1. The molecule has 0 aliphatic heterocycles. The number of oxazole rings is 1. The fraction of sp³-hybridized carbons (Fsp3) is 0.0667. The van der Waals surface area contributed by atoms with Crippen LogP contribution in [0.3, 0.4) is 0 Å². The highest BCUT2D eigenvalue weighted by molar-refractivity contribution is 9.10. The molecule has 1 amide bonds. The number of halogens is 1. The topological polar surface area (TPSA) is 55.1 Å². The molecular weight excluding hydrogens is 320 g/mol. The summed E-state index contributed by atoms with van der Waals surface area (Å²) in [7, 11) is 0. The highest BCUT2D eigenvalue weighted by Crippen LogP contribution is 2.27. The fourth-order valence-electron chi connectivity index (χ4n) is 1.92. The highest BCUT2D eigenvalue weighted by atomic mass is 79.9. The molecule has 0 unspecified atom stereocenters. The molecule has 2 aromatic carbocycles. The zero-order chi connectivity index (χ0) is 14.1. The second-order valence-corrected chi connectivity index (χ2v) is 5.31. The lowest BCUT2D eigenvalue weighted by Crippen LogP contribution is -2.05. The average Bonchev–Trinajstić information content (AvgIpc) is 2.81. The Balaban J connectivity index is 2.01. The first-order valence-corrected chi connectivity index (χ1v) is 6.85. The quantitative estimate of drug-likeness (QED) is 0.765. The van der Waals surface area contributed by atoms with Crippen LogP contribution in [-0.4, -0.2) is 10.9 Å². The van der Waals surface area contributed by atoms with Crippen LogP contribution in [-0.2, 0) is 4.79 Å². The number of nitrogens with zero attached hydrogens (tertiary/aromatic N) is 1. The number of hydrogen-bond acceptors (Lipinski definition) is 3. The van der Waals surface area contributed by atoms with Crippen molar-refractivity contribution in [2.24, 2.45) is 0 Å². The normalized spacial score (nSPS) is 10.7. The van der Waals surface area contributed by atoms with E-state index in [9.17, 15) is 4.79 Å². The van der Waals surface area contributed by atoms with Crippen molar-refractivity contribution >= 4 is 38.6 Å². The molecule has 100 valence electrons. The van der Waals surface area contributed by atoms with Crippen LogP contribution in [0.25, 0.3) is 22.6 Å². The minimum Gasteiger partial charge on any atom is -0.436 e. The van der Waals surface area contributed by atoms with E-state index in [4.69, 9.17) is 4.42 Å². The Labute approximate surface area is 123 Å². The van der Waals surface area contributed by atoms with E-state index in [-0.39, 0.29) is 5.91 Å². The van der Waals surface area contributed by atoms with Crippen LogP contribution in [0.2, 0.25) is 0 Å². The van der Waals surface area contributed by atoms with Gasteiger partial charge in [-0.1, -0.05) is 15.9 Å². The molecule has 1 aromatic heterocycles. The second-order valence-electron chi connectivity index (χ2n) is 4.39. The molecule has 0 aliphatic rings. The van der Waals surface area contributed by atoms with E-state index in [0.29, 0.717) is 22.7 Å². The molecule has 0 fully saturated rings. The smallest absolute Gasteiger partial charge is 0.227 e. The van der Waals surface area contributed by atoms with Crippen LogP contribution in [0.1, 0.15) is 6.92 Å². The average molecular weight is 331 g/mol. The van der Waals surface area contributed by atoms with Crippen molar-refractivity contribution in [2.75, 3.05) is 5.32 Å². The van der Waals surface area contributed by atoms with Gasteiger partial charge in [-0.3, -0.25) is 4.79 Å². The zero-order valence-corrected chi connectivity index (χ0v) is 12.3.